The highest BCUT2D eigenvalue weighted by Gasteiger charge is 2.23. The number of aromatic nitrogens is 2. The second-order valence-electron chi connectivity index (χ2n) is 10.9. The van der Waals surface area contributed by atoms with Gasteiger partial charge in [0.1, 0.15) is 11.2 Å². The predicted molar refractivity (Wildman–Crippen MR) is 150 cm³/mol. The van der Waals surface area contributed by atoms with Gasteiger partial charge in [-0.15, -0.1) is 0 Å². The smallest absolute Gasteiger partial charge is 0.136 e. The fraction of sp³-hybridized carbons (Fsp3) is 0.121. The number of pyridine rings is 1. The highest BCUT2D eigenvalue weighted by Crippen LogP contribution is 2.46. The number of nitrogens with zero attached hydrogens (tertiary/aromatic N) is 2. The third-order valence-corrected chi connectivity index (χ3v) is 7.73. The van der Waals surface area contributed by atoms with Crippen LogP contribution in [0.5, 0.6) is 0 Å². The molecule has 0 radical (unpaired) electrons. The second kappa shape index (κ2) is 6.64. The van der Waals surface area contributed by atoms with Crippen molar-refractivity contribution in [3.8, 4) is 11.3 Å². The van der Waals surface area contributed by atoms with Gasteiger partial charge in [-0.25, -0.2) is 0 Å². The monoisotopic (exact) mass is 464 g/mol. The Balaban J connectivity index is 1.57. The molecule has 8 rings (SSSR count). The summed E-state index contributed by atoms with van der Waals surface area (Å²) in [5, 5.41) is 7.33. The lowest BCUT2D eigenvalue weighted by molar-refractivity contribution is 0.589. The Hall–Kier alpha value is -4.37. The normalized spacial score (nSPS) is 12.9. The molecular weight excluding hydrogens is 440 g/mol. The quantitative estimate of drug-likeness (QED) is 0.242. The molecule has 4 aromatic heterocycles. The SMILES string of the molecule is CC(C)(C)c1ccnc(-c2ccc3c(c2)c2c4c(cc5c6ccccc6n3c52)oc2ccccc24)c1. The van der Waals surface area contributed by atoms with Crippen molar-refractivity contribution in [3.05, 3.63) is 96.7 Å². The molecule has 36 heavy (non-hydrogen) atoms. The van der Waals surface area contributed by atoms with Crippen molar-refractivity contribution >= 4 is 60.0 Å². The summed E-state index contributed by atoms with van der Waals surface area (Å²) in [4.78, 5) is 4.76. The van der Waals surface area contributed by atoms with Gasteiger partial charge in [-0.05, 0) is 53.4 Å². The van der Waals surface area contributed by atoms with Crippen LogP contribution in [0, 0.1) is 0 Å². The van der Waals surface area contributed by atoms with Crippen LogP contribution in [-0.2, 0) is 5.41 Å². The maximum absolute atomic E-state index is 6.41. The molecule has 0 aliphatic carbocycles. The molecule has 0 spiro atoms. The first-order valence-electron chi connectivity index (χ1n) is 12.5. The van der Waals surface area contributed by atoms with Crippen LogP contribution < -0.4 is 0 Å². The van der Waals surface area contributed by atoms with Gasteiger partial charge in [0.05, 0.1) is 22.2 Å². The molecule has 4 aromatic carbocycles. The van der Waals surface area contributed by atoms with E-state index in [1.807, 2.05) is 12.3 Å². The first-order chi connectivity index (χ1) is 17.5. The van der Waals surface area contributed by atoms with Crippen LogP contribution in [0.15, 0.2) is 95.5 Å². The van der Waals surface area contributed by atoms with Crippen LogP contribution in [0.4, 0.5) is 0 Å². The molecule has 0 saturated carbocycles. The maximum atomic E-state index is 6.41. The van der Waals surface area contributed by atoms with E-state index >= 15 is 0 Å². The van der Waals surface area contributed by atoms with Crippen LogP contribution in [-0.4, -0.2) is 9.38 Å². The van der Waals surface area contributed by atoms with Gasteiger partial charge in [0.2, 0.25) is 0 Å². The number of hydrogen-bond donors (Lipinski definition) is 0. The molecule has 0 bridgehead atoms. The lowest BCUT2D eigenvalue weighted by Crippen LogP contribution is -2.11. The van der Waals surface area contributed by atoms with E-state index in [0.717, 1.165) is 27.8 Å². The molecule has 0 unspecified atom stereocenters. The molecular formula is C33H24N2O. The number of furan rings is 1. The number of rotatable bonds is 1. The molecule has 0 saturated heterocycles. The predicted octanol–water partition coefficient (Wildman–Crippen LogP) is 9.10. The zero-order valence-electron chi connectivity index (χ0n) is 20.5. The minimum atomic E-state index is 0.0686. The Labute approximate surface area is 207 Å². The van der Waals surface area contributed by atoms with Crippen molar-refractivity contribution < 1.29 is 4.42 Å². The molecule has 4 heterocycles. The van der Waals surface area contributed by atoms with Crippen LogP contribution in [0.3, 0.4) is 0 Å². The summed E-state index contributed by atoms with van der Waals surface area (Å²) < 4.78 is 8.84. The molecule has 0 N–H and O–H groups in total. The van der Waals surface area contributed by atoms with Crippen molar-refractivity contribution in [2.45, 2.75) is 26.2 Å². The van der Waals surface area contributed by atoms with Crippen molar-refractivity contribution in [3.63, 3.8) is 0 Å². The van der Waals surface area contributed by atoms with Crippen LogP contribution in [0.2, 0.25) is 0 Å². The average Bonchev–Trinajstić information content (AvgIpc) is 3.53. The van der Waals surface area contributed by atoms with E-state index in [9.17, 15) is 0 Å². The Bertz CT molecular complexity index is 2140. The number of para-hydroxylation sites is 2. The van der Waals surface area contributed by atoms with Gasteiger partial charge in [0.25, 0.3) is 0 Å². The molecule has 3 heteroatoms. The molecule has 3 nitrogen and oxygen atoms in total. The summed E-state index contributed by atoms with van der Waals surface area (Å²) in [5.41, 5.74) is 9.06. The summed E-state index contributed by atoms with van der Waals surface area (Å²) in [6, 6.07) is 30.4. The Morgan fingerprint density at radius 1 is 0.667 bits per heavy atom. The van der Waals surface area contributed by atoms with E-state index in [2.05, 4.69) is 104 Å². The van der Waals surface area contributed by atoms with Crippen LogP contribution >= 0.6 is 0 Å². The summed E-state index contributed by atoms with van der Waals surface area (Å²) in [7, 11) is 0. The first kappa shape index (κ1) is 19.9. The molecule has 0 aliphatic rings. The van der Waals surface area contributed by atoms with Gasteiger partial charge in [-0.3, -0.25) is 4.98 Å². The first-order valence-corrected chi connectivity index (χ1v) is 12.5. The van der Waals surface area contributed by atoms with Crippen molar-refractivity contribution in [2.24, 2.45) is 0 Å². The highest BCUT2D eigenvalue weighted by atomic mass is 16.3. The van der Waals surface area contributed by atoms with Gasteiger partial charge < -0.3 is 8.82 Å². The molecule has 0 fully saturated rings. The van der Waals surface area contributed by atoms with Gasteiger partial charge >= 0.3 is 0 Å². The molecule has 0 aliphatic heterocycles. The van der Waals surface area contributed by atoms with Crippen molar-refractivity contribution in [2.75, 3.05) is 0 Å². The van der Waals surface area contributed by atoms with E-state index < -0.39 is 0 Å². The topological polar surface area (TPSA) is 30.4 Å². The fourth-order valence-electron chi connectivity index (χ4n) is 5.99. The van der Waals surface area contributed by atoms with Crippen molar-refractivity contribution in [1.82, 2.24) is 9.38 Å². The second-order valence-corrected chi connectivity index (χ2v) is 10.9. The molecule has 0 amide bonds. The Morgan fingerprint density at radius 3 is 2.31 bits per heavy atom. The molecule has 172 valence electrons. The highest BCUT2D eigenvalue weighted by molar-refractivity contribution is 6.34. The van der Waals surface area contributed by atoms with E-state index in [4.69, 9.17) is 9.40 Å². The Kier molecular flexibility index (Phi) is 3.67. The third kappa shape index (κ3) is 2.50. The van der Waals surface area contributed by atoms with Gasteiger partial charge in [0.15, 0.2) is 0 Å². The van der Waals surface area contributed by atoms with Crippen LogP contribution in [0.25, 0.3) is 71.3 Å². The average molecular weight is 465 g/mol. The van der Waals surface area contributed by atoms with Gasteiger partial charge in [-0.1, -0.05) is 63.2 Å². The summed E-state index contributed by atoms with van der Waals surface area (Å²) in [6.07, 6.45) is 1.93. The van der Waals surface area contributed by atoms with E-state index in [0.29, 0.717) is 0 Å². The third-order valence-electron chi connectivity index (χ3n) is 7.73. The van der Waals surface area contributed by atoms with Gasteiger partial charge in [0, 0.05) is 44.1 Å². The van der Waals surface area contributed by atoms with Gasteiger partial charge in [-0.2, -0.15) is 0 Å². The minimum absolute atomic E-state index is 0.0686. The zero-order chi connectivity index (χ0) is 24.2. The summed E-state index contributed by atoms with van der Waals surface area (Å²) >= 11 is 0. The zero-order valence-corrected chi connectivity index (χ0v) is 20.5. The van der Waals surface area contributed by atoms with Crippen molar-refractivity contribution in [1.29, 1.82) is 0 Å². The lowest BCUT2D eigenvalue weighted by atomic mass is 9.87. The number of fused-ring (bicyclic) bond motifs is 10. The molecule has 0 atom stereocenters. The maximum Gasteiger partial charge on any atom is 0.136 e. The standard InChI is InChI=1S/C33H24N2O/c1-33(2,3)20-14-15-34-25(17-20)19-12-13-27-24(16-19)31-30-22-9-5-7-11-28(22)36-29(30)18-23-21-8-4-6-10-26(21)35(27)32(23)31/h4-18H,1-3H3. The van der Waals surface area contributed by atoms with E-state index in [1.54, 1.807) is 0 Å². The molecule has 8 aromatic rings. The summed E-state index contributed by atoms with van der Waals surface area (Å²) in [6.45, 7) is 6.73. The number of hydrogen-bond acceptors (Lipinski definition) is 2. The van der Waals surface area contributed by atoms with Crippen LogP contribution in [0.1, 0.15) is 26.3 Å². The fourth-order valence-corrected chi connectivity index (χ4v) is 5.99. The van der Waals surface area contributed by atoms with E-state index in [1.165, 1.54) is 49.0 Å². The largest absolute Gasteiger partial charge is 0.456 e. The number of benzene rings is 4. The lowest BCUT2D eigenvalue weighted by Gasteiger charge is -2.19. The Morgan fingerprint density at radius 2 is 1.44 bits per heavy atom. The summed E-state index contributed by atoms with van der Waals surface area (Å²) in [5.74, 6) is 0. The van der Waals surface area contributed by atoms with E-state index in [-0.39, 0.29) is 5.41 Å². The minimum Gasteiger partial charge on any atom is -0.456 e.